The van der Waals surface area contributed by atoms with Crippen LogP contribution in [-0.4, -0.2) is 11.1 Å². The van der Waals surface area contributed by atoms with Crippen LogP contribution in [0.1, 0.15) is 17.5 Å². The molecule has 6 heteroatoms. The molecule has 0 aliphatic rings. The van der Waals surface area contributed by atoms with Gasteiger partial charge >= 0.3 is 12.1 Å². The second-order valence-corrected chi connectivity index (χ2v) is 4.09. The number of halogens is 4. The molecule has 0 aliphatic carbocycles. The molecule has 0 fully saturated rings. The van der Waals surface area contributed by atoms with Crippen LogP contribution in [-0.2, 0) is 11.0 Å². The highest BCUT2D eigenvalue weighted by Gasteiger charge is 2.32. The lowest BCUT2D eigenvalue weighted by molar-refractivity contribution is -0.138. The molecule has 1 rings (SSSR count). The maximum atomic E-state index is 12.5. The molecule has 0 amide bonds. The molecule has 0 atom stereocenters. The summed E-state index contributed by atoms with van der Waals surface area (Å²) in [6, 6.07) is 3.71. The lowest BCUT2D eigenvalue weighted by Crippen LogP contribution is -2.06. The Balaban J connectivity index is 2.97. The maximum Gasteiger partial charge on any atom is 0.417 e. The lowest BCUT2D eigenvalue weighted by atomic mass is 10.1. The predicted molar refractivity (Wildman–Crippen MR) is 60.4 cm³/mol. The third-order valence-corrected chi connectivity index (χ3v) is 2.59. The van der Waals surface area contributed by atoms with Gasteiger partial charge in [0.1, 0.15) is 0 Å². The van der Waals surface area contributed by atoms with Crippen LogP contribution >= 0.6 is 15.9 Å². The first-order valence-corrected chi connectivity index (χ1v) is 5.35. The van der Waals surface area contributed by atoms with Crippen molar-refractivity contribution in [3.8, 4) is 0 Å². The van der Waals surface area contributed by atoms with Gasteiger partial charge in [-0.2, -0.15) is 13.2 Å². The Hall–Kier alpha value is -1.30. The maximum absolute atomic E-state index is 12.5. The fourth-order valence-corrected chi connectivity index (χ4v) is 1.63. The fraction of sp³-hybridized carbons (Fsp3) is 0.182. The van der Waals surface area contributed by atoms with E-state index in [-0.39, 0.29) is 10.9 Å². The summed E-state index contributed by atoms with van der Waals surface area (Å²) in [6.07, 6.45) is -2.02. The van der Waals surface area contributed by atoms with Gasteiger partial charge in [0.15, 0.2) is 0 Å². The normalized spacial score (nSPS) is 12.0. The van der Waals surface area contributed by atoms with E-state index in [0.29, 0.717) is 5.56 Å². The number of hydrogen-bond acceptors (Lipinski definition) is 1. The van der Waals surface area contributed by atoms with Crippen molar-refractivity contribution in [3.63, 3.8) is 0 Å². The van der Waals surface area contributed by atoms with Crippen LogP contribution in [0, 0.1) is 0 Å². The Morgan fingerprint density at radius 2 is 2.06 bits per heavy atom. The first kappa shape index (κ1) is 13.8. The number of carbonyl (C=O) groups is 1. The highest BCUT2D eigenvalue weighted by Crippen LogP contribution is 2.35. The van der Waals surface area contributed by atoms with Crippen molar-refractivity contribution < 1.29 is 23.1 Å². The Morgan fingerprint density at radius 1 is 1.41 bits per heavy atom. The Bertz CT molecular complexity index is 453. The smallest absolute Gasteiger partial charge is 0.417 e. The molecule has 2 nitrogen and oxygen atoms in total. The third-order valence-electron chi connectivity index (χ3n) is 1.90. The Kier molecular flexibility index (Phi) is 4.34. The number of aliphatic carboxylic acids is 1. The molecule has 92 valence electrons. The van der Waals surface area contributed by atoms with Gasteiger partial charge in [0.25, 0.3) is 0 Å². The number of hydrogen-bond donors (Lipinski definition) is 1. The van der Waals surface area contributed by atoms with Gasteiger partial charge in [-0.05, 0) is 17.7 Å². The molecule has 0 spiro atoms. The number of benzene rings is 1. The van der Waals surface area contributed by atoms with Crippen molar-refractivity contribution in [1.82, 2.24) is 0 Å². The molecule has 0 saturated carbocycles. The van der Waals surface area contributed by atoms with E-state index in [4.69, 9.17) is 5.11 Å². The molecule has 0 aliphatic heterocycles. The van der Waals surface area contributed by atoms with Crippen molar-refractivity contribution in [3.05, 3.63) is 39.9 Å². The van der Waals surface area contributed by atoms with E-state index >= 15 is 0 Å². The highest BCUT2D eigenvalue weighted by molar-refractivity contribution is 9.10. The van der Waals surface area contributed by atoms with Gasteiger partial charge < -0.3 is 5.11 Å². The van der Waals surface area contributed by atoms with Gasteiger partial charge in [0, 0.05) is 4.47 Å². The Morgan fingerprint density at radius 3 is 2.59 bits per heavy atom. The number of carboxylic acids is 1. The van der Waals surface area contributed by atoms with Crippen LogP contribution in [0.5, 0.6) is 0 Å². The van der Waals surface area contributed by atoms with E-state index in [9.17, 15) is 18.0 Å². The molecule has 0 saturated heterocycles. The molecule has 1 aromatic rings. The van der Waals surface area contributed by atoms with E-state index in [2.05, 4.69) is 15.9 Å². The molecule has 17 heavy (non-hydrogen) atoms. The minimum atomic E-state index is -4.44. The Labute approximate surface area is 104 Å². The third kappa shape index (κ3) is 4.22. The van der Waals surface area contributed by atoms with Gasteiger partial charge in [0.2, 0.25) is 0 Å². The van der Waals surface area contributed by atoms with Crippen molar-refractivity contribution in [1.29, 1.82) is 0 Å². The number of alkyl halides is 3. The average molecular weight is 309 g/mol. The molecular formula is C11H8BrF3O2. The summed E-state index contributed by atoms with van der Waals surface area (Å²) >= 11 is 2.82. The molecule has 0 radical (unpaired) electrons. The first-order valence-electron chi connectivity index (χ1n) is 4.56. The van der Waals surface area contributed by atoms with E-state index in [0.717, 1.165) is 6.07 Å². The molecule has 1 N–H and O–H groups in total. The second-order valence-electron chi connectivity index (χ2n) is 3.24. The zero-order valence-corrected chi connectivity index (χ0v) is 10.0. The molecule has 0 unspecified atom stereocenters. The van der Waals surface area contributed by atoms with Crippen LogP contribution < -0.4 is 0 Å². The summed E-state index contributed by atoms with van der Waals surface area (Å²) < 4.78 is 37.6. The van der Waals surface area contributed by atoms with Crippen LogP contribution in [0.2, 0.25) is 0 Å². The largest absolute Gasteiger partial charge is 0.481 e. The molecule has 0 aromatic heterocycles. The number of rotatable bonds is 3. The standard InChI is InChI=1S/C11H8BrF3O2/c12-9-5-4-7(2-1-3-10(16)17)6-8(9)11(13,14)15/h1-2,4-6H,3H2,(H,16,17). The highest BCUT2D eigenvalue weighted by atomic mass is 79.9. The molecule has 0 heterocycles. The van der Waals surface area contributed by atoms with Crippen LogP contribution in [0.15, 0.2) is 28.7 Å². The molecule has 0 bridgehead atoms. The zero-order valence-electron chi connectivity index (χ0n) is 8.46. The van der Waals surface area contributed by atoms with Gasteiger partial charge in [-0.1, -0.05) is 34.1 Å². The van der Waals surface area contributed by atoms with E-state index < -0.39 is 17.7 Å². The predicted octanol–water partition coefficient (Wildman–Crippen LogP) is 3.96. The summed E-state index contributed by atoms with van der Waals surface area (Å²) in [5.41, 5.74) is -0.475. The van der Waals surface area contributed by atoms with Gasteiger partial charge in [-0.15, -0.1) is 0 Å². The fourth-order valence-electron chi connectivity index (χ4n) is 1.16. The topological polar surface area (TPSA) is 37.3 Å². The summed E-state index contributed by atoms with van der Waals surface area (Å²) in [5.74, 6) is -1.03. The van der Waals surface area contributed by atoms with E-state index in [1.165, 1.54) is 24.3 Å². The minimum Gasteiger partial charge on any atom is -0.481 e. The summed E-state index contributed by atoms with van der Waals surface area (Å²) in [4.78, 5) is 10.2. The second kappa shape index (κ2) is 5.35. The van der Waals surface area contributed by atoms with Gasteiger partial charge in [-0.3, -0.25) is 4.79 Å². The zero-order chi connectivity index (χ0) is 13.1. The average Bonchev–Trinajstić information content (AvgIpc) is 2.18. The molecular weight excluding hydrogens is 301 g/mol. The van der Waals surface area contributed by atoms with E-state index in [1.807, 2.05) is 0 Å². The summed E-state index contributed by atoms with van der Waals surface area (Å²) in [5, 5.41) is 8.38. The SMILES string of the molecule is O=C(O)CC=Cc1ccc(Br)c(C(F)(F)F)c1. The number of carboxylic acid groups (broad SMARTS) is 1. The van der Waals surface area contributed by atoms with Crippen molar-refractivity contribution in [2.24, 2.45) is 0 Å². The summed E-state index contributed by atoms with van der Waals surface area (Å²) in [7, 11) is 0. The minimum absolute atomic E-state index is 0.0413. The van der Waals surface area contributed by atoms with E-state index in [1.54, 1.807) is 0 Å². The van der Waals surface area contributed by atoms with Gasteiger partial charge in [0.05, 0.1) is 12.0 Å². The monoisotopic (exact) mass is 308 g/mol. The molecule has 1 aromatic carbocycles. The van der Waals surface area contributed by atoms with Crippen LogP contribution in [0.4, 0.5) is 13.2 Å². The van der Waals surface area contributed by atoms with Crippen molar-refractivity contribution in [2.75, 3.05) is 0 Å². The van der Waals surface area contributed by atoms with Crippen LogP contribution in [0.3, 0.4) is 0 Å². The quantitative estimate of drug-likeness (QED) is 0.918. The lowest BCUT2D eigenvalue weighted by Gasteiger charge is -2.09. The van der Waals surface area contributed by atoms with Crippen molar-refractivity contribution in [2.45, 2.75) is 12.6 Å². The summed E-state index contributed by atoms with van der Waals surface area (Å²) in [6.45, 7) is 0. The van der Waals surface area contributed by atoms with Crippen LogP contribution in [0.25, 0.3) is 6.08 Å². The first-order chi connectivity index (χ1) is 7.80. The van der Waals surface area contributed by atoms with Gasteiger partial charge in [-0.25, -0.2) is 0 Å². The van der Waals surface area contributed by atoms with Crippen molar-refractivity contribution >= 4 is 28.0 Å².